The van der Waals surface area contributed by atoms with Gasteiger partial charge in [-0.15, -0.1) is 0 Å². The molecule has 2 aromatic heterocycles. The Labute approximate surface area is 204 Å². The summed E-state index contributed by atoms with van der Waals surface area (Å²) < 4.78 is 7.46. The van der Waals surface area contributed by atoms with Crippen molar-refractivity contribution in [3.8, 4) is 0 Å². The Hall–Kier alpha value is -3.42. The van der Waals surface area contributed by atoms with E-state index in [2.05, 4.69) is 9.98 Å². The zero-order chi connectivity index (χ0) is 24.0. The second-order valence-corrected chi connectivity index (χ2v) is 9.51. The molecule has 5 rings (SSSR count). The van der Waals surface area contributed by atoms with Gasteiger partial charge in [0.1, 0.15) is 0 Å². The van der Waals surface area contributed by atoms with Gasteiger partial charge >= 0.3 is 5.97 Å². The van der Waals surface area contributed by atoms with Crippen LogP contribution in [0.3, 0.4) is 0 Å². The van der Waals surface area contributed by atoms with Crippen molar-refractivity contribution >= 4 is 45.9 Å². The van der Waals surface area contributed by atoms with E-state index >= 15 is 0 Å². The molecule has 8 heteroatoms. The minimum Gasteiger partial charge on any atom is -0.463 e. The minimum absolute atomic E-state index is 0.206. The Morgan fingerprint density at radius 2 is 1.94 bits per heavy atom. The molecular formula is C26H22ClN3O3S. The zero-order valence-electron chi connectivity index (χ0n) is 18.9. The highest BCUT2D eigenvalue weighted by atomic mass is 35.5. The van der Waals surface area contributed by atoms with E-state index in [1.54, 1.807) is 30.5 Å². The summed E-state index contributed by atoms with van der Waals surface area (Å²) in [5, 5.41) is 1.62. The van der Waals surface area contributed by atoms with Crippen LogP contribution in [0.1, 0.15) is 36.7 Å². The summed E-state index contributed by atoms with van der Waals surface area (Å²) in [4.78, 5) is 35.2. The van der Waals surface area contributed by atoms with Gasteiger partial charge in [0.05, 0.1) is 28.5 Å². The molecule has 0 radical (unpaired) electrons. The number of allylic oxidation sites excluding steroid dienone is 1. The lowest BCUT2D eigenvalue weighted by molar-refractivity contribution is -0.139. The first-order valence-electron chi connectivity index (χ1n) is 10.9. The van der Waals surface area contributed by atoms with E-state index < -0.39 is 12.0 Å². The van der Waals surface area contributed by atoms with Crippen LogP contribution in [0.25, 0.3) is 17.0 Å². The zero-order valence-corrected chi connectivity index (χ0v) is 20.5. The molecule has 0 fully saturated rings. The number of nitrogens with zero attached hydrogens (tertiary/aromatic N) is 2. The Morgan fingerprint density at radius 1 is 1.21 bits per heavy atom. The van der Waals surface area contributed by atoms with E-state index in [0.29, 0.717) is 25.6 Å². The van der Waals surface area contributed by atoms with Crippen LogP contribution in [0.15, 0.2) is 69.6 Å². The lowest BCUT2D eigenvalue weighted by Crippen LogP contribution is -2.39. The van der Waals surface area contributed by atoms with Gasteiger partial charge in [0.25, 0.3) is 5.56 Å². The number of aromatic amines is 1. The van der Waals surface area contributed by atoms with E-state index in [-0.39, 0.29) is 12.2 Å². The van der Waals surface area contributed by atoms with Crippen molar-refractivity contribution in [2.75, 3.05) is 6.61 Å². The van der Waals surface area contributed by atoms with Crippen LogP contribution in [-0.4, -0.2) is 22.1 Å². The normalized spacial score (nSPS) is 16.0. The summed E-state index contributed by atoms with van der Waals surface area (Å²) in [5.74, 6) is -0.481. The van der Waals surface area contributed by atoms with Crippen LogP contribution in [0.2, 0.25) is 5.02 Å². The third-order valence-corrected chi connectivity index (χ3v) is 7.16. The van der Waals surface area contributed by atoms with Crippen molar-refractivity contribution in [1.29, 1.82) is 0 Å². The van der Waals surface area contributed by atoms with Gasteiger partial charge in [-0.1, -0.05) is 53.3 Å². The molecule has 0 saturated heterocycles. The second kappa shape index (κ2) is 8.74. The first kappa shape index (κ1) is 22.4. The lowest BCUT2D eigenvalue weighted by Gasteiger charge is -2.24. The number of nitrogens with one attached hydrogen (secondary N) is 1. The number of hydrogen-bond acceptors (Lipinski definition) is 5. The first-order valence-corrected chi connectivity index (χ1v) is 12.1. The second-order valence-electron chi connectivity index (χ2n) is 8.06. The summed E-state index contributed by atoms with van der Waals surface area (Å²) in [6.45, 7) is 5.75. The highest BCUT2D eigenvalue weighted by molar-refractivity contribution is 7.07. The van der Waals surface area contributed by atoms with Crippen LogP contribution < -0.4 is 14.9 Å². The van der Waals surface area contributed by atoms with Crippen molar-refractivity contribution < 1.29 is 9.53 Å². The average molecular weight is 492 g/mol. The van der Waals surface area contributed by atoms with E-state index in [1.165, 1.54) is 11.3 Å². The third-order valence-electron chi connectivity index (χ3n) is 5.92. The molecule has 34 heavy (non-hydrogen) atoms. The topological polar surface area (TPSA) is 76.4 Å². The molecule has 1 atom stereocenters. The highest BCUT2D eigenvalue weighted by Gasteiger charge is 2.33. The van der Waals surface area contributed by atoms with Crippen molar-refractivity contribution in [2.24, 2.45) is 4.99 Å². The molecule has 0 aliphatic carbocycles. The van der Waals surface area contributed by atoms with Crippen LogP contribution in [0.5, 0.6) is 0 Å². The van der Waals surface area contributed by atoms with Gasteiger partial charge < -0.3 is 9.72 Å². The largest absolute Gasteiger partial charge is 0.463 e. The van der Waals surface area contributed by atoms with Crippen LogP contribution >= 0.6 is 22.9 Å². The van der Waals surface area contributed by atoms with E-state index in [4.69, 9.17) is 16.3 Å². The number of thiazole rings is 1. The molecule has 0 amide bonds. The van der Waals surface area contributed by atoms with Gasteiger partial charge in [-0.2, -0.15) is 0 Å². The van der Waals surface area contributed by atoms with Crippen molar-refractivity contribution in [3.05, 3.63) is 101 Å². The van der Waals surface area contributed by atoms with Gasteiger partial charge in [-0.25, -0.2) is 9.79 Å². The molecule has 2 aromatic carbocycles. The number of aromatic nitrogens is 2. The molecule has 6 nitrogen and oxygen atoms in total. The number of ether oxygens (including phenoxy) is 1. The average Bonchev–Trinajstić information content (AvgIpc) is 3.29. The summed E-state index contributed by atoms with van der Waals surface area (Å²) in [5.41, 5.74) is 4.40. The molecule has 1 N–H and O–H groups in total. The SMILES string of the molecule is CCOC(=O)C1=C(C)N=c2s/c(=C\c3c(C)[nH]c4ccccc34)c(=O)n2[C@H]1c1ccc(Cl)cc1. The number of esters is 1. The molecular weight excluding hydrogens is 470 g/mol. The number of carbonyl (C=O) groups excluding carboxylic acids is 1. The summed E-state index contributed by atoms with van der Waals surface area (Å²) in [7, 11) is 0. The van der Waals surface area contributed by atoms with E-state index in [1.807, 2.05) is 49.4 Å². The number of hydrogen-bond donors (Lipinski definition) is 1. The quantitative estimate of drug-likeness (QED) is 0.434. The number of H-pyrrole nitrogens is 1. The maximum atomic E-state index is 13.7. The number of rotatable bonds is 4. The van der Waals surface area contributed by atoms with Gasteiger partial charge in [0.15, 0.2) is 4.80 Å². The number of benzene rings is 2. The fraction of sp³-hybridized carbons (Fsp3) is 0.192. The number of para-hydroxylation sites is 1. The van der Waals surface area contributed by atoms with Crippen LogP contribution in [0.4, 0.5) is 0 Å². The van der Waals surface area contributed by atoms with Crippen LogP contribution in [-0.2, 0) is 9.53 Å². The highest BCUT2D eigenvalue weighted by Crippen LogP contribution is 2.31. The predicted octanol–water partition coefficient (Wildman–Crippen LogP) is 4.24. The van der Waals surface area contributed by atoms with E-state index in [9.17, 15) is 9.59 Å². The Morgan fingerprint density at radius 3 is 2.68 bits per heavy atom. The summed E-state index contributed by atoms with van der Waals surface area (Å²) in [6, 6.07) is 14.5. The molecule has 1 aliphatic heterocycles. The molecule has 0 bridgehead atoms. The third kappa shape index (κ3) is 3.71. The first-order chi connectivity index (χ1) is 16.4. The van der Waals surface area contributed by atoms with Crippen molar-refractivity contribution in [3.63, 3.8) is 0 Å². The summed E-state index contributed by atoms with van der Waals surface area (Å²) in [6.07, 6.45) is 1.90. The molecule has 3 heterocycles. The van der Waals surface area contributed by atoms with Gasteiger partial charge in [0, 0.05) is 27.2 Å². The molecule has 4 aromatic rings. The number of fused-ring (bicyclic) bond motifs is 2. The Balaban J connectivity index is 1.76. The molecule has 0 unspecified atom stereocenters. The molecule has 1 aliphatic rings. The van der Waals surface area contributed by atoms with Gasteiger partial charge in [0.2, 0.25) is 0 Å². The van der Waals surface area contributed by atoms with Crippen molar-refractivity contribution in [2.45, 2.75) is 26.8 Å². The number of aryl methyl sites for hydroxylation is 1. The minimum atomic E-state index is -0.654. The number of halogens is 1. The maximum absolute atomic E-state index is 13.7. The fourth-order valence-corrected chi connectivity index (χ4v) is 5.52. The van der Waals surface area contributed by atoms with Gasteiger partial charge in [-0.05, 0) is 50.6 Å². The Bertz CT molecular complexity index is 1640. The standard InChI is InChI=1S/C26H22ClN3O3S/c1-4-33-25(32)22-15(3)29-26-30(23(22)16-9-11-17(27)12-10-16)24(31)21(34-26)13-19-14(2)28-20-8-6-5-7-18(19)20/h5-13,23,28H,4H2,1-3H3/b21-13-/t23-/m0/s1. The lowest BCUT2D eigenvalue weighted by atomic mass is 9.96. The smallest absolute Gasteiger partial charge is 0.338 e. The molecule has 0 spiro atoms. The summed E-state index contributed by atoms with van der Waals surface area (Å²) >= 11 is 7.42. The monoisotopic (exact) mass is 491 g/mol. The number of carbonyl (C=O) groups is 1. The van der Waals surface area contributed by atoms with Crippen LogP contribution in [0, 0.1) is 6.92 Å². The van der Waals surface area contributed by atoms with Gasteiger partial charge in [-0.3, -0.25) is 9.36 Å². The fourth-order valence-electron chi connectivity index (χ4n) is 4.37. The molecule has 0 saturated carbocycles. The predicted molar refractivity (Wildman–Crippen MR) is 135 cm³/mol. The van der Waals surface area contributed by atoms with E-state index in [0.717, 1.165) is 27.7 Å². The Kier molecular flexibility index (Phi) is 5.75. The molecule has 172 valence electrons. The van der Waals surface area contributed by atoms with Crippen molar-refractivity contribution in [1.82, 2.24) is 9.55 Å². The maximum Gasteiger partial charge on any atom is 0.338 e.